The van der Waals surface area contributed by atoms with Gasteiger partial charge >= 0.3 is 0 Å². The predicted molar refractivity (Wildman–Crippen MR) is 68.8 cm³/mol. The number of rotatable bonds is 7. The Morgan fingerprint density at radius 2 is 2.27 bits per heavy atom. The maximum Gasteiger partial charge on any atom is 0.205 e. The van der Waals surface area contributed by atoms with Crippen LogP contribution >= 0.6 is 23.1 Å². The molecule has 0 saturated carbocycles. The Hall–Kier alpha value is -0.330. The largest absolute Gasteiger partial charge is 0.360 e. The van der Waals surface area contributed by atoms with Gasteiger partial charge in [-0.3, -0.25) is 4.90 Å². The van der Waals surface area contributed by atoms with Crippen LogP contribution in [0.3, 0.4) is 0 Å². The zero-order valence-corrected chi connectivity index (χ0v) is 11.1. The Morgan fingerprint density at radius 3 is 2.93 bits per heavy atom. The predicted octanol–water partition coefficient (Wildman–Crippen LogP) is 1.76. The molecule has 6 heteroatoms. The topological polar surface area (TPSA) is 41.1 Å². The highest BCUT2D eigenvalue weighted by atomic mass is 32.2. The van der Waals surface area contributed by atoms with Crippen LogP contribution in [0.15, 0.2) is 0 Å². The van der Waals surface area contributed by atoms with Crippen LogP contribution in [0.5, 0.6) is 0 Å². The Labute approximate surface area is 99.5 Å². The smallest absolute Gasteiger partial charge is 0.205 e. The molecule has 0 saturated heterocycles. The van der Waals surface area contributed by atoms with E-state index in [0.717, 1.165) is 35.5 Å². The zero-order chi connectivity index (χ0) is 11.1. The molecule has 0 radical (unpaired) electrons. The van der Waals surface area contributed by atoms with E-state index in [1.165, 1.54) is 0 Å². The number of aromatic nitrogens is 2. The zero-order valence-electron chi connectivity index (χ0n) is 9.49. The number of anilines is 1. The van der Waals surface area contributed by atoms with E-state index in [9.17, 15) is 0 Å². The highest BCUT2D eigenvalue weighted by Crippen LogP contribution is 2.16. The van der Waals surface area contributed by atoms with Crippen molar-refractivity contribution < 1.29 is 0 Å². The standard InChI is InChI=1S/C9H18N4S2/c1-4-10-9-12-11-8(15-9)7-13(2)5-6-14-3/h4-7H2,1-3H3,(H,10,12). The average Bonchev–Trinajstić information content (AvgIpc) is 2.63. The minimum atomic E-state index is 0.892. The van der Waals surface area contributed by atoms with E-state index >= 15 is 0 Å². The lowest BCUT2D eigenvalue weighted by atomic mass is 10.5. The lowest BCUT2D eigenvalue weighted by molar-refractivity contribution is 0.347. The van der Waals surface area contributed by atoms with Crippen LogP contribution in [0.25, 0.3) is 0 Å². The summed E-state index contributed by atoms with van der Waals surface area (Å²) in [5.41, 5.74) is 0. The summed E-state index contributed by atoms with van der Waals surface area (Å²) >= 11 is 3.50. The first-order chi connectivity index (χ1) is 7.26. The minimum Gasteiger partial charge on any atom is -0.360 e. The molecule has 0 atom stereocenters. The van der Waals surface area contributed by atoms with Crippen LogP contribution in [0.2, 0.25) is 0 Å². The van der Waals surface area contributed by atoms with Crippen LogP contribution in [0.4, 0.5) is 5.13 Å². The molecule has 0 amide bonds. The first kappa shape index (κ1) is 12.7. The molecule has 1 rings (SSSR count). The summed E-state index contributed by atoms with van der Waals surface area (Å²) in [6, 6.07) is 0. The molecule has 0 aliphatic carbocycles. The molecule has 0 fully saturated rings. The van der Waals surface area contributed by atoms with Crippen LogP contribution < -0.4 is 5.32 Å². The SMILES string of the molecule is CCNc1nnc(CN(C)CCSC)s1. The summed E-state index contributed by atoms with van der Waals surface area (Å²) in [7, 11) is 2.12. The van der Waals surface area contributed by atoms with Crippen molar-refractivity contribution in [1.82, 2.24) is 15.1 Å². The van der Waals surface area contributed by atoms with E-state index in [4.69, 9.17) is 0 Å². The van der Waals surface area contributed by atoms with Gasteiger partial charge in [0.15, 0.2) is 0 Å². The van der Waals surface area contributed by atoms with Gasteiger partial charge in [0, 0.05) is 18.8 Å². The van der Waals surface area contributed by atoms with Crippen molar-refractivity contribution >= 4 is 28.2 Å². The molecule has 0 bridgehead atoms. The van der Waals surface area contributed by atoms with Crippen LogP contribution in [-0.2, 0) is 6.54 Å². The van der Waals surface area contributed by atoms with Crippen molar-refractivity contribution in [1.29, 1.82) is 0 Å². The van der Waals surface area contributed by atoms with Crippen LogP contribution in [0, 0.1) is 0 Å². The van der Waals surface area contributed by atoms with Gasteiger partial charge in [0.1, 0.15) is 5.01 Å². The third-order valence-electron chi connectivity index (χ3n) is 1.88. The summed E-state index contributed by atoms with van der Waals surface area (Å²) in [4.78, 5) is 2.27. The summed E-state index contributed by atoms with van der Waals surface area (Å²) in [5.74, 6) is 1.16. The summed E-state index contributed by atoms with van der Waals surface area (Å²) in [6.07, 6.45) is 2.13. The Morgan fingerprint density at radius 1 is 1.47 bits per heavy atom. The number of hydrogen-bond donors (Lipinski definition) is 1. The van der Waals surface area contributed by atoms with Crippen molar-refractivity contribution in [2.75, 3.05) is 37.5 Å². The molecule has 1 N–H and O–H groups in total. The van der Waals surface area contributed by atoms with Gasteiger partial charge in [0.2, 0.25) is 5.13 Å². The second-order valence-corrected chi connectivity index (χ2v) is 5.31. The van der Waals surface area contributed by atoms with E-state index in [-0.39, 0.29) is 0 Å². The molecule has 1 heterocycles. The van der Waals surface area contributed by atoms with Gasteiger partial charge in [-0.15, -0.1) is 10.2 Å². The van der Waals surface area contributed by atoms with Gasteiger partial charge in [-0.25, -0.2) is 0 Å². The van der Waals surface area contributed by atoms with Crippen molar-refractivity contribution in [3.8, 4) is 0 Å². The van der Waals surface area contributed by atoms with Gasteiger partial charge in [-0.1, -0.05) is 11.3 Å². The lowest BCUT2D eigenvalue weighted by Crippen LogP contribution is -2.20. The fraction of sp³-hybridized carbons (Fsp3) is 0.778. The quantitative estimate of drug-likeness (QED) is 0.794. The first-order valence-electron chi connectivity index (χ1n) is 5.00. The molecule has 1 aromatic rings. The van der Waals surface area contributed by atoms with E-state index in [1.807, 2.05) is 11.8 Å². The number of hydrogen-bond acceptors (Lipinski definition) is 6. The molecule has 15 heavy (non-hydrogen) atoms. The van der Waals surface area contributed by atoms with Gasteiger partial charge < -0.3 is 5.32 Å². The van der Waals surface area contributed by atoms with Gasteiger partial charge in [0.05, 0.1) is 6.54 Å². The van der Waals surface area contributed by atoms with Gasteiger partial charge in [0.25, 0.3) is 0 Å². The summed E-state index contributed by atoms with van der Waals surface area (Å²) in [6.45, 7) is 4.95. The molecule has 0 spiro atoms. The second kappa shape index (κ2) is 7.03. The maximum absolute atomic E-state index is 4.14. The van der Waals surface area contributed by atoms with Crippen LogP contribution in [0.1, 0.15) is 11.9 Å². The normalized spacial score (nSPS) is 10.9. The average molecular weight is 246 g/mol. The Balaban J connectivity index is 2.35. The molecule has 1 aromatic heterocycles. The summed E-state index contributed by atoms with van der Waals surface area (Å²) in [5, 5.41) is 13.4. The third kappa shape index (κ3) is 4.81. The fourth-order valence-electron chi connectivity index (χ4n) is 1.10. The highest BCUT2D eigenvalue weighted by Gasteiger charge is 2.05. The maximum atomic E-state index is 4.14. The van der Waals surface area contributed by atoms with Crippen LogP contribution in [-0.4, -0.2) is 47.2 Å². The van der Waals surface area contributed by atoms with Gasteiger partial charge in [-0.05, 0) is 20.2 Å². The molecule has 86 valence electrons. The van der Waals surface area contributed by atoms with Gasteiger partial charge in [-0.2, -0.15) is 11.8 Å². The third-order valence-corrected chi connectivity index (χ3v) is 3.33. The molecule has 4 nitrogen and oxygen atoms in total. The molecule has 0 aromatic carbocycles. The first-order valence-corrected chi connectivity index (χ1v) is 7.21. The lowest BCUT2D eigenvalue weighted by Gasteiger charge is -2.12. The van der Waals surface area contributed by atoms with Crippen molar-refractivity contribution in [3.63, 3.8) is 0 Å². The monoisotopic (exact) mass is 246 g/mol. The van der Waals surface area contributed by atoms with Crippen molar-refractivity contribution in [2.45, 2.75) is 13.5 Å². The molecule has 0 aliphatic rings. The minimum absolute atomic E-state index is 0.892. The fourth-order valence-corrected chi connectivity index (χ4v) is 2.48. The van der Waals surface area contributed by atoms with E-state index in [1.54, 1.807) is 11.3 Å². The van der Waals surface area contributed by atoms with E-state index in [0.29, 0.717) is 0 Å². The summed E-state index contributed by atoms with van der Waals surface area (Å²) < 4.78 is 0. The number of thioether (sulfide) groups is 1. The highest BCUT2D eigenvalue weighted by molar-refractivity contribution is 7.98. The molecular formula is C9H18N4S2. The van der Waals surface area contributed by atoms with Crippen molar-refractivity contribution in [2.24, 2.45) is 0 Å². The molecule has 0 aliphatic heterocycles. The molecule has 0 unspecified atom stereocenters. The molecular weight excluding hydrogens is 228 g/mol. The second-order valence-electron chi connectivity index (χ2n) is 3.26. The van der Waals surface area contributed by atoms with Crippen molar-refractivity contribution in [3.05, 3.63) is 5.01 Å². The number of nitrogens with one attached hydrogen (secondary N) is 1. The van der Waals surface area contributed by atoms with E-state index in [2.05, 4.69) is 40.6 Å². The van der Waals surface area contributed by atoms with E-state index < -0.39 is 0 Å². The Kier molecular flexibility index (Phi) is 5.97. The number of nitrogens with zero attached hydrogens (tertiary/aromatic N) is 3. The Bertz CT molecular complexity index is 277.